The van der Waals surface area contributed by atoms with Crippen molar-refractivity contribution in [3.8, 4) is 5.75 Å². The van der Waals surface area contributed by atoms with Gasteiger partial charge in [-0.05, 0) is 18.2 Å². The van der Waals surface area contributed by atoms with Gasteiger partial charge in [0.2, 0.25) is 0 Å². The molecule has 0 unspecified atom stereocenters. The molecule has 0 bridgehead atoms. The summed E-state index contributed by atoms with van der Waals surface area (Å²) in [5.41, 5.74) is -0.321. The number of carbonyl (C=O) groups is 1. The van der Waals surface area contributed by atoms with E-state index in [1.54, 1.807) is 12.1 Å². The first-order chi connectivity index (χ1) is 11.9. The van der Waals surface area contributed by atoms with Gasteiger partial charge in [0.05, 0.1) is 22.1 Å². The number of carbonyl (C=O) groups excluding carboxylic acids is 1. The van der Waals surface area contributed by atoms with Crippen LogP contribution >= 0.6 is 11.6 Å². The third-order valence-corrected chi connectivity index (χ3v) is 3.72. The minimum atomic E-state index is -1.52. The molecular formula is C16H8ClN3O5-2. The highest BCUT2D eigenvalue weighted by Gasteiger charge is 2.13. The lowest BCUT2D eigenvalue weighted by Gasteiger charge is -2.19. The van der Waals surface area contributed by atoms with Gasteiger partial charge in [0.25, 0.3) is 5.69 Å². The second kappa shape index (κ2) is 6.25. The molecule has 0 fully saturated rings. The van der Waals surface area contributed by atoms with E-state index >= 15 is 0 Å². The topological polar surface area (TPSA) is 131 Å². The molecular weight excluding hydrogens is 350 g/mol. The summed E-state index contributed by atoms with van der Waals surface area (Å²) in [6, 6.07) is 7.74. The summed E-state index contributed by atoms with van der Waals surface area (Å²) in [7, 11) is 0. The van der Waals surface area contributed by atoms with E-state index in [0.29, 0.717) is 15.9 Å². The van der Waals surface area contributed by atoms with E-state index < -0.39 is 16.6 Å². The number of anilines is 2. The number of pyridine rings is 1. The van der Waals surface area contributed by atoms with Crippen LogP contribution in [0.15, 0.2) is 42.6 Å². The average Bonchev–Trinajstić information content (AvgIpc) is 2.56. The summed E-state index contributed by atoms with van der Waals surface area (Å²) in [6.45, 7) is 0. The van der Waals surface area contributed by atoms with Crippen LogP contribution in [0.5, 0.6) is 5.75 Å². The van der Waals surface area contributed by atoms with Crippen LogP contribution in [0.4, 0.5) is 17.1 Å². The molecule has 3 rings (SSSR count). The lowest BCUT2D eigenvalue weighted by molar-refractivity contribution is -0.385. The molecule has 0 amide bonds. The number of hydrogen-bond acceptors (Lipinski definition) is 7. The van der Waals surface area contributed by atoms with E-state index in [1.807, 2.05) is 0 Å². The maximum absolute atomic E-state index is 12.0. The molecule has 9 heteroatoms. The monoisotopic (exact) mass is 357 g/mol. The number of aromatic carboxylic acids is 1. The van der Waals surface area contributed by atoms with E-state index in [2.05, 4.69) is 10.3 Å². The van der Waals surface area contributed by atoms with Crippen LogP contribution in [0, 0.1) is 10.1 Å². The van der Waals surface area contributed by atoms with Crippen molar-refractivity contribution in [1.29, 1.82) is 0 Å². The van der Waals surface area contributed by atoms with Crippen molar-refractivity contribution in [2.45, 2.75) is 0 Å². The van der Waals surface area contributed by atoms with E-state index in [4.69, 9.17) is 11.6 Å². The normalized spacial score (nSPS) is 10.6. The SMILES string of the molecule is O=C([O-])c1cnc2ccc(Cl)cc2c1Nc1cc([N+](=O)[O-])ccc1[O-]. The molecule has 2 aromatic carbocycles. The fourth-order valence-corrected chi connectivity index (χ4v) is 2.49. The summed E-state index contributed by atoms with van der Waals surface area (Å²) in [6.07, 6.45) is 1.08. The van der Waals surface area contributed by atoms with Gasteiger partial charge in [-0.3, -0.25) is 15.1 Å². The number of carboxylic acid groups (broad SMARTS) is 1. The number of non-ortho nitro benzene ring substituents is 1. The van der Waals surface area contributed by atoms with Crippen molar-refractivity contribution in [3.05, 3.63) is 63.3 Å². The number of halogens is 1. The van der Waals surface area contributed by atoms with E-state index in [9.17, 15) is 25.1 Å². The lowest BCUT2D eigenvalue weighted by atomic mass is 10.1. The molecule has 0 atom stereocenters. The number of fused-ring (bicyclic) bond motifs is 1. The Hall–Kier alpha value is -3.39. The van der Waals surface area contributed by atoms with E-state index in [1.165, 1.54) is 6.07 Å². The maximum atomic E-state index is 12.0. The molecule has 0 saturated carbocycles. The van der Waals surface area contributed by atoms with Gasteiger partial charge in [0.1, 0.15) is 0 Å². The highest BCUT2D eigenvalue weighted by molar-refractivity contribution is 6.31. The highest BCUT2D eigenvalue weighted by atomic mass is 35.5. The molecule has 126 valence electrons. The first-order valence-electron chi connectivity index (χ1n) is 6.89. The molecule has 1 heterocycles. The molecule has 1 aromatic heterocycles. The summed E-state index contributed by atoms with van der Waals surface area (Å²) in [4.78, 5) is 25.6. The first-order valence-corrected chi connectivity index (χ1v) is 7.26. The molecule has 0 aliphatic rings. The quantitative estimate of drug-likeness (QED) is 0.557. The van der Waals surface area contributed by atoms with Gasteiger partial charge >= 0.3 is 0 Å². The summed E-state index contributed by atoms with van der Waals surface area (Å²) >= 11 is 5.95. The van der Waals surface area contributed by atoms with Crippen LogP contribution in [0.3, 0.4) is 0 Å². The van der Waals surface area contributed by atoms with Crippen LogP contribution in [-0.4, -0.2) is 15.9 Å². The number of nitro groups is 1. The number of benzene rings is 2. The number of rotatable bonds is 4. The van der Waals surface area contributed by atoms with Crippen molar-refractivity contribution in [2.75, 3.05) is 5.32 Å². The van der Waals surface area contributed by atoms with Crippen LogP contribution in [0.25, 0.3) is 10.9 Å². The number of hydrogen-bond donors (Lipinski definition) is 1. The van der Waals surface area contributed by atoms with Crippen molar-refractivity contribution in [3.63, 3.8) is 0 Å². The van der Waals surface area contributed by atoms with Crippen LogP contribution < -0.4 is 15.5 Å². The Bertz CT molecular complexity index is 1020. The Kier molecular flexibility index (Phi) is 4.12. The van der Waals surface area contributed by atoms with Crippen LogP contribution in [0.1, 0.15) is 10.4 Å². The second-order valence-corrected chi connectivity index (χ2v) is 5.49. The van der Waals surface area contributed by atoms with Crippen LogP contribution in [0.2, 0.25) is 5.02 Å². The molecule has 0 saturated heterocycles. The zero-order valence-electron chi connectivity index (χ0n) is 12.4. The van der Waals surface area contributed by atoms with Gasteiger partial charge in [-0.1, -0.05) is 23.4 Å². The van der Waals surface area contributed by atoms with Gasteiger partial charge in [-0.25, -0.2) is 0 Å². The fourth-order valence-electron chi connectivity index (χ4n) is 2.32. The molecule has 25 heavy (non-hydrogen) atoms. The van der Waals surface area contributed by atoms with Gasteiger partial charge in [-0.2, -0.15) is 0 Å². The molecule has 0 aliphatic heterocycles. The first kappa shape index (κ1) is 16.5. The Labute approximate surface area is 145 Å². The number of nitro benzene ring substituents is 1. The Morgan fingerprint density at radius 3 is 2.64 bits per heavy atom. The lowest BCUT2D eigenvalue weighted by Crippen LogP contribution is -2.23. The minimum absolute atomic E-state index is 0.0186. The highest BCUT2D eigenvalue weighted by Crippen LogP contribution is 2.34. The van der Waals surface area contributed by atoms with Gasteiger partial charge in [-0.15, -0.1) is 0 Å². The smallest absolute Gasteiger partial charge is 0.271 e. The molecule has 3 aromatic rings. The summed E-state index contributed by atoms with van der Waals surface area (Å²) in [5.74, 6) is -2.06. The van der Waals surface area contributed by atoms with Crippen molar-refractivity contribution >= 4 is 45.5 Å². The minimum Gasteiger partial charge on any atom is -0.871 e. The zero-order valence-corrected chi connectivity index (χ0v) is 13.1. The van der Waals surface area contributed by atoms with E-state index in [0.717, 1.165) is 24.4 Å². The Balaban J connectivity index is 2.22. The maximum Gasteiger partial charge on any atom is 0.271 e. The molecule has 0 spiro atoms. The second-order valence-electron chi connectivity index (χ2n) is 5.06. The predicted molar refractivity (Wildman–Crippen MR) is 86.9 cm³/mol. The van der Waals surface area contributed by atoms with Gasteiger partial charge in [0, 0.05) is 40.0 Å². The Morgan fingerprint density at radius 2 is 1.96 bits per heavy atom. The predicted octanol–water partition coefficient (Wildman–Crippen LogP) is 1.98. The van der Waals surface area contributed by atoms with Crippen LogP contribution in [-0.2, 0) is 0 Å². The largest absolute Gasteiger partial charge is 0.871 e. The summed E-state index contributed by atoms with van der Waals surface area (Å²) < 4.78 is 0. The van der Waals surface area contributed by atoms with Gasteiger partial charge < -0.3 is 20.3 Å². The van der Waals surface area contributed by atoms with Crippen molar-refractivity contribution in [2.24, 2.45) is 0 Å². The number of nitrogens with one attached hydrogen (secondary N) is 1. The molecule has 1 N–H and O–H groups in total. The summed E-state index contributed by atoms with van der Waals surface area (Å²) in [5, 5.41) is 37.6. The molecule has 8 nitrogen and oxygen atoms in total. The van der Waals surface area contributed by atoms with Gasteiger partial charge in [0.15, 0.2) is 0 Å². The van der Waals surface area contributed by atoms with Crippen molar-refractivity contribution in [1.82, 2.24) is 4.98 Å². The standard InChI is InChI=1S/C16H10ClN3O5/c17-8-1-3-12-10(5-8)15(11(7-18-12)16(22)23)19-13-6-9(20(24)25)2-4-14(13)21/h1-7,21H,(H,18,19)(H,22,23)/p-2. The fraction of sp³-hybridized carbons (Fsp3) is 0. The molecule has 0 aliphatic carbocycles. The average molecular weight is 358 g/mol. The number of carboxylic acids is 1. The Morgan fingerprint density at radius 1 is 1.20 bits per heavy atom. The third kappa shape index (κ3) is 3.15. The zero-order chi connectivity index (χ0) is 18.1. The molecule has 0 radical (unpaired) electrons. The number of nitrogens with zero attached hydrogens (tertiary/aromatic N) is 2. The van der Waals surface area contributed by atoms with Crippen molar-refractivity contribution < 1.29 is 19.9 Å². The van der Waals surface area contributed by atoms with E-state index in [-0.39, 0.29) is 22.6 Å². The number of aromatic nitrogens is 1. The third-order valence-electron chi connectivity index (χ3n) is 3.48.